The molecule has 0 spiro atoms. The molecule has 2 aliphatic heterocycles. The van der Waals surface area contributed by atoms with E-state index in [1.54, 1.807) is 12.1 Å². The number of ether oxygens (including phenoxy) is 2. The van der Waals surface area contributed by atoms with Crippen LogP contribution in [-0.2, 0) is 4.74 Å². The summed E-state index contributed by atoms with van der Waals surface area (Å²) in [7, 11) is 0. The van der Waals surface area contributed by atoms with Crippen LogP contribution >= 0.6 is 0 Å². The van der Waals surface area contributed by atoms with Crippen molar-refractivity contribution in [3.8, 4) is 11.5 Å². The van der Waals surface area contributed by atoms with Gasteiger partial charge in [-0.25, -0.2) is 0 Å². The van der Waals surface area contributed by atoms with Crippen molar-refractivity contribution < 1.29 is 19.4 Å². The second-order valence-electron chi connectivity index (χ2n) is 6.87. The number of aldehydes is 1. The van der Waals surface area contributed by atoms with E-state index in [1.165, 1.54) is 11.8 Å². The number of hydrogen-bond acceptors (Lipinski definition) is 6. The molecule has 2 N–H and O–H groups in total. The first-order valence-electron chi connectivity index (χ1n) is 8.99. The first kappa shape index (κ1) is 17.1. The summed E-state index contributed by atoms with van der Waals surface area (Å²) in [5.41, 5.74) is 1.40. The van der Waals surface area contributed by atoms with E-state index >= 15 is 0 Å². The Labute approximate surface area is 151 Å². The highest BCUT2D eigenvalue weighted by molar-refractivity contribution is 5.83. The number of benzene rings is 1. The van der Waals surface area contributed by atoms with E-state index in [1.807, 2.05) is 6.20 Å². The van der Waals surface area contributed by atoms with Crippen molar-refractivity contribution in [3.63, 3.8) is 0 Å². The smallest absolute Gasteiger partial charge is 0.157 e. The Kier molecular flexibility index (Phi) is 4.90. The largest absolute Gasteiger partial charge is 0.507 e. The van der Waals surface area contributed by atoms with Gasteiger partial charge in [0.05, 0.1) is 31.4 Å². The fraction of sp³-hybridized carbons (Fsp3) is 0.474. The minimum absolute atomic E-state index is 0.0533. The summed E-state index contributed by atoms with van der Waals surface area (Å²) in [5, 5.41) is 17.8. The molecular weight excluding hydrogens is 334 g/mol. The van der Waals surface area contributed by atoms with Gasteiger partial charge in [-0.3, -0.25) is 9.48 Å². The van der Waals surface area contributed by atoms with Crippen molar-refractivity contribution in [2.45, 2.75) is 18.4 Å². The second-order valence-corrected chi connectivity index (χ2v) is 6.87. The van der Waals surface area contributed by atoms with Crippen molar-refractivity contribution in [1.29, 1.82) is 0 Å². The molecule has 2 unspecified atom stereocenters. The number of rotatable bonds is 6. The molecule has 2 saturated heterocycles. The molecule has 7 nitrogen and oxygen atoms in total. The highest BCUT2D eigenvalue weighted by Crippen LogP contribution is 2.33. The monoisotopic (exact) mass is 357 g/mol. The van der Waals surface area contributed by atoms with Gasteiger partial charge in [0.25, 0.3) is 0 Å². The van der Waals surface area contributed by atoms with E-state index in [9.17, 15) is 9.90 Å². The third-order valence-corrected chi connectivity index (χ3v) is 5.29. The van der Waals surface area contributed by atoms with Gasteiger partial charge in [0.15, 0.2) is 6.29 Å². The Bertz CT molecular complexity index is 772. The lowest BCUT2D eigenvalue weighted by atomic mass is 9.84. The zero-order chi connectivity index (χ0) is 17.9. The first-order chi connectivity index (χ1) is 12.8. The minimum Gasteiger partial charge on any atom is -0.507 e. The summed E-state index contributed by atoms with van der Waals surface area (Å²) in [6, 6.07) is 7.28. The summed E-state index contributed by atoms with van der Waals surface area (Å²) < 4.78 is 13.3. The third-order valence-electron chi connectivity index (χ3n) is 5.29. The standard InChI is InChI=1S/C19H23N3O4/c23-9-16-18(24)2-1-3-19(16)26-10-13-4-6-20-8-15(13)17-5-7-21-22(17)14-11-25-12-14/h1-3,5,7,9,13-15,20,24H,4,6,8,10-12H2. The molecule has 0 aliphatic carbocycles. The zero-order valence-corrected chi connectivity index (χ0v) is 14.5. The maximum absolute atomic E-state index is 11.2. The van der Waals surface area contributed by atoms with Gasteiger partial charge in [-0.2, -0.15) is 5.10 Å². The summed E-state index contributed by atoms with van der Waals surface area (Å²) in [6.07, 6.45) is 3.46. The number of carbonyl (C=O) groups excluding carboxylic acids is 1. The van der Waals surface area contributed by atoms with Crippen LogP contribution < -0.4 is 10.1 Å². The maximum Gasteiger partial charge on any atom is 0.157 e. The Morgan fingerprint density at radius 2 is 2.27 bits per heavy atom. The number of nitrogens with zero attached hydrogens (tertiary/aromatic N) is 2. The topological polar surface area (TPSA) is 85.6 Å². The van der Waals surface area contributed by atoms with Crippen LogP contribution in [0.4, 0.5) is 0 Å². The zero-order valence-electron chi connectivity index (χ0n) is 14.5. The van der Waals surface area contributed by atoms with Crippen LogP contribution in [0.1, 0.15) is 34.4 Å². The summed E-state index contributed by atoms with van der Waals surface area (Å²) in [6.45, 7) is 3.71. The first-order valence-corrected chi connectivity index (χ1v) is 8.99. The number of phenolic OH excluding ortho intramolecular Hbond substituents is 1. The molecule has 2 fully saturated rings. The van der Waals surface area contributed by atoms with E-state index in [-0.39, 0.29) is 17.2 Å². The van der Waals surface area contributed by atoms with E-state index in [0.717, 1.165) is 19.5 Å². The van der Waals surface area contributed by atoms with Gasteiger partial charge in [0.2, 0.25) is 0 Å². The molecule has 2 aliphatic rings. The van der Waals surface area contributed by atoms with Crippen molar-refractivity contribution in [2.75, 3.05) is 32.9 Å². The quantitative estimate of drug-likeness (QED) is 0.766. The molecule has 2 aromatic rings. The van der Waals surface area contributed by atoms with E-state index in [4.69, 9.17) is 9.47 Å². The van der Waals surface area contributed by atoms with Gasteiger partial charge >= 0.3 is 0 Å². The molecule has 1 aromatic carbocycles. The molecule has 0 radical (unpaired) electrons. The number of nitrogens with one attached hydrogen (secondary N) is 1. The van der Waals surface area contributed by atoms with Gasteiger partial charge < -0.3 is 19.9 Å². The van der Waals surface area contributed by atoms with Gasteiger partial charge in [-0.15, -0.1) is 0 Å². The number of hydrogen-bond donors (Lipinski definition) is 2. The minimum atomic E-state index is -0.0533. The average Bonchev–Trinajstić information content (AvgIpc) is 3.07. The number of aromatic nitrogens is 2. The molecule has 2 atom stereocenters. The summed E-state index contributed by atoms with van der Waals surface area (Å²) in [5.74, 6) is 0.957. The van der Waals surface area contributed by atoms with Crippen molar-refractivity contribution in [3.05, 3.63) is 41.7 Å². The Morgan fingerprint density at radius 3 is 3.04 bits per heavy atom. The van der Waals surface area contributed by atoms with Crippen molar-refractivity contribution in [2.24, 2.45) is 5.92 Å². The molecule has 0 amide bonds. The van der Waals surface area contributed by atoms with Crippen LogP contribution in [0.5, 0.6) is 11.5 Å². The van der Waals surface area contributed by atoms with Crippen molar-refractivity contribution in [1.82, 2.24) is 15.1 Å². The van der Waals surface area contributed by atoms with Crippen LogP contribution in [0.15, 0.2) is 30.5 Å². The van der Waals surface area contributed by atoms with Crippen LogP contribution in [0, 0.1) is 5.92 Å². The molecule has 138 valence electrons. The van der Waals surface area contributed by atoms with Crippen LogP contribution in [0.25, 0.3) is 0 Å². The molecule has 3 heterocycles. The van der Waals surface area contributed by atoms with Gasteiger partial charge in [0.1, 0.15) is 11.5 Å². The predicted molar refractivity (Wildman–Crippen MR) is 94.8 cm³/mol. The fourth-order valence-corrected chi connectivity index (χ4v) is 3.72. The van der Waals surface area contributed by atoms with Gasteiger partial charge in [-0.05, 0) is 31.2 Å². The van der Waals surface area contributed by atoms with Crippen LogP contribution in [0.2, 0.25) is 0 Å². The fourth-order valence-electron chi connectivity index (χ4n) is 3.72. The molecule has 26 heavy (non-hydrogen) atoms. The lowest BCUT2D eigenvalue weighted by molar-refractivity contribution is -0.0308. The Morgan fingerprint density at radius 1 is 1.38 bits per heavy atom. The number of aromatic hydroxyl groups is 1. The van der Waals surface area contributed by atoms with Crippen LogP contribution in [-0.4, -0.2) is 54.1 Å². The predicted octanol–water partition coefficient (Wildman–Crippen LogP) is 1.74. The number of carbonyl (C=O) groups is 1. The SMILES string of the molecule is O=Cc1c(O)cccc1OCC1CCNCC1c1ccnn1C1COC1. The normalized spacial score (nSPS) is 23.4. The molecule has 0 saturated carbocycles. The third kappa shape index (κ3) is 3.20. The number of piperidine rings is 1. The molecule has 1 aromatic heterocycles. The average molecular weight is 357 g/mol. The molecular formula is C19H23N3O4. The van der Waals surface area contributed by atoms with E-state index in [0.29, 0.717) is 43.8 Å². The van der Waals surface area contributed by atoms with E-state index in [2.05, 4.69) is 21.2 Å². The van der Waals surface area contributed by atoms with Crippen LogP contribution in [0.3, 0.4) is 0 Å². The Hall–Kier alpha value is -2.38. The Balaban J connectivity index is 1.51. The van der Waals surface area contributed by atoms with Crippen molar-refractivity contribution >= 4 is 6.29 Å². The summed E-state index contributed by atoms with van der Waals surface area (Å²) in [4.78, 5) is 11.2. The van der Waals surface area contributed by atoms with E-state index < -0.39 is 0 Å². The highest BCUT2D eigenvalue weighted by Gasteiger charge is 2.32. The molecule has 0 bridgehead atoms. The maximum atomic E-state index is 11.2. The highest BCUT2D eigenvalue weighted by atomic mass is 16.5. The van der Waals surface area contributed by atoms with Gasteiger partial charge in [-0.1, -0.05) is 6.07 Å². The lowest BCUT2D eigenvalue weighted by Crippen LogP contribution is -2.40. The molecule has 4 rings (SSSR count). The number of phenols is 1. The summed E-state index contributed by atoms with van der Waals surface area (Å²) >= 11 is 0. The molecule has 7 heteroatoms. The lowest BCUT2D eigenvalue weighted by Gasteiger charge is -2.35. The second kappa shape index (κ2) is 7.47. The van der Waals surface area contributed by atoms with Gasteiger partial charge in [0, 0.05) is 30.3 Å².